The normalized spacial score (nSPS) is 27.6. The maximum Gasteiger partial charge on any atom is 0.303 e. The Hall–Kier alpha value is -4.15. The molecule has 2 aliphatic rings. The Labute approximate surface area is 342 Å². The summed E-state index contributed by atoms with van der Waals surface area (Å²) in [5.74, 6) is -0.748. The van der Waals surface area contributed by atoms with E-state index in [9.17, 15) is 10.3 Å². The second kappa shape index (κ2) is 20.7. The van der Waals surface area contributed by atoms with Gasteiger partial charge in [0.15, 0.2) is 26.6 Å². The summed E-state index contributed by atoms with van der Waals surface area (Å²) >= 11 is 0. The van der Waals surface area contributed by atoms with Crippen molar-refractivity contribution in [2.75, 3.05) is 6.61 Å². The van der Waals surface area contributed by atoms with Gasteiger partial charge in [-0.05, 0) is 47.3 Å². The Morgan fingerprint density at radius 2 is 1.29 bits per heavy atom. The number of hydrogen-bond donors (Lipinski definition) is 1. The number of carbonyl (C=O) groups excluding carboxylic acids is 1. The largest absolute Gasteiger partial charge is 0.453 e. The summed E-state index contributed by atoms with van der Waals surface area (Å²) in [5.41, 5.74) is 12.8. The Bertz CT molecular complexity index is 1790. The molecule has 3 aromatic carbocycles. The predicted octanol–water partition coefficient (Wildman–Crippen LogP) is 8.24. The fourth-order valence-electron chi connectivity index (χ4n) is 6.66. The second-order valence-corrected chi connectivity index (χ2v) is 20.9. The van der Waals surface area contributed by atoms with Crippen LogP contribution in [0.5, 0.6) is 0 Å². The Morgan fingerprint density at radius 1 is 0.759 bits per heavy atom. The van der Waals surface area contributed by atoms with Gasteiger partial charge in [-0.15, -0.1) is 0 Å². The highest BCUT2D eigenvalue weighted by Crippen LogP contribution is 2.42. The van der Waals surface area contributed by atoms with Crippen LogP contribution < -0.4 is 0 Å². The Kier molecular flexibility index (Phi) is 16.0. The lowest BCUT2D eigenvalue weighted by atomic mass is 9.95. The molecule has 0 saturated carbocycles. The van der Waals surface area contributed by atoms with Crippen LogP contribution in [0.15, 0.2) is 96.1 Å². The number of carbonyl (C=O) groups is 1. The zero-order valence-electron chi connectivity index (χ0n) is 34.7. The summed E-state index contributed by atoms with van der Waals surface area (Å²) in [4.78, 5) is 15.8. The van der Waals surface area contributed by atoms with E-state index in [1.165, 1.54) is 13.8 Å². The number of hydrogen-bond acceptors (Lipinski definition) is 12. The van der Waals surface area contributed by atoms with Gasteiger partial charge in [-0.25, -0.2) is 0 Å². The highest BCUT2D eigenvalue weighted by Gasteiger charge is 2.55. The van der Waals surface area contributed by atoms with Crippen molar-refractivity contribution in [3.8, 4) is 0 Å². The number of rotatable bonds is 17. The van der Waals surface area contributed by atoms with E-state index in [1.54, 1.807) is 6.92 Å². The monoisotopic (exact) mass is 818 g/mol. The highest BCUT2D eigenvalue weighted by molar-refractivity contribution is 6.74. The van der Waals surface area contributed by atoms with Crippen molar-refractivity contribution in [3.63, 3.8) is 0 Å². The van der Waals surface area contributed by atoms with E-state index in [1.807, 2.05) is 91.0 Å². The highest BCUT2D eigenvalue weighted by atomic mass is 28.4. The first-order chi connectivity index (χ1) is 27.7. The molecule has 4 unspecified atom stereocenters. The molecule has 14 nitrogen and oxygen atoms in total. The molecule has 2 saturated heterocycles. The fraction of sp³-hybridized carbons (Fsp3) is 0.535. The number of nitrogens with one attached hydrogen (secondary N) is 1. The van der Waals surface area contributed by atoms with Gasteiger partial charge in [-0.1, -0.05) is 117 Å². The van der Waals surface area contributed by atoms with E-state index < -0.39 is 75.6 Å². The van der Waals surface area contributed by atoms with E-state index in [-0.39, 0.29) is 30.8 Å². The van der Waals surface area contributed by atoms with Crippen molar-refractivity contribution in [2.45, 2.75) is 141 Å². The molecule has 0 spiro atoms. The van der Waals surface area contributed by atoms with Crippen LogP contribution in [0.2, 0.25) is 18.1 Å². The topological polar surface area (TPSA) is 173 Å². The van der Waals surface area contributed by atoms with Gasteiger partial charge in [0.2, 0.25) is 6.29 Å². The molecule has 0 amide bonds. The number of ether oxygens (including phenoxy) is 8. The van der Waals surface area contributed by atoms with E-state index in [4.69, 9.17) is 47.7 Å². The number of azide groups is 1. The van der Waals surface area contributed by atoms with E-state index in [0.717, 1.165) is 16.7 Å². The lowest BCUT2D eigenvalue weighted by molar-refractivity contribution is -0.340. The molecule has 5 rings (SSSR count). The van der Waals surface area contributed by atoms with Gasteiger partial charge in [-0.3, -0.25) is 10.2 Å². The van der Waals surface area contributed by atoms with Gasteiger partial charge in [0.05, 0.1) is 38.6 Å². The molecule has 314 valence electrons. The molecule has 10 atom stereocenters. The van der Waals surface area contributed by atoms with Crippen molar-refractivity contribution in [1.29, 1.82) is 5.41 Å². The van der Waals surface area contributed by atoms with Crippen LogP contribution in [0.4, 0.5) is 0 Å². The number of nitrogens with zero attached hydrogens (tertiary/aromatic N) is 3. The summed E-state index contributed by atoms with van der Waals surface area (Å²) < 4.78 is 58.3. The van der Waals surface area contributed by atoms with Gasteiger partial charge in [0.1, 0.15) is 30.5 Å². The van der Waals surface area contributed by atoms with Gasteiger partial charge in [0, 0.05) is 18.8 Å². The van der Waals surface area contributed by atoms with Crippen molar-refractivity contribution >= 4 is 20.2 Å². The second-order valence-electron chi connectivity index (χ2n) is 16.2. The molecule has 0 aromatic heterocycles. The maximum absolute atomic E-state index is 12.6. The van der Waals surface area contributed by atoms with E-state index >= 15 is 0 Å². The van der Waals surface area contributed by atoms with Crippen LogP contribution in [0.3, 0.4) is 0 Å². The molecule has 15 heteroatoms. The van der Waals surface area contributed by atoms with Gasteiger partial charge >= 0.3 is 5.97 Å². The first-order valence-electron chi connectivity index (χ1n) is 19.7. The predicted molar refractivity (Wildman–Crippen MR) is 219 cm³/mol. The fourth-order valence-corrected chi connectivity index (χ4v) is 7.98. The van der Waals surface area contributed by atoms with Crippen LogP contribution in [-0.4, -0.2) is 88.1 Å². The van der Waals surface area contributed by atoms with Crippen LogP contribution in [0, 0.1) is 5.41 Å². The van der Waals surface area contributed by atoms with Crippen molar-refractivity contribution in [3.05, 3.63) is 118 Å². The standard InChI is InChI=1S/C43H58N4O10Si/c1-28-36(39(51-26-33-22-16-11-17-23-33)40(54-30(3)48)42(52-28)53-29(2)44)56-41-35(46-47-45)38(50-25-32-20-14-10-15-21-32)37(57-58(7,8)43(4,5)6)34(55-41)27-49-24-31-18-12-9-13-19-31/h9-23,28,34-42,44H,24-27H2,1-8H3/t28?,34?,35-,36+,37+,38?,39?,40-,41-,42-/m0/s1. The van der Waals surface area contributed by atoms with Crippen molar-refractivity contribution in [1.82, 2.24) is 0 Å². The smallest absolute Gasteiger partial charge is 0.303 e. The molecular formula is C43H58N4O10Si. The van der Waals surface area contributed by atoms with Crippen LogP contribution >= 0.6 is 0 Å². The SMILES string of the molecule is CC(=N)O[C@@H]1OC(C)[C@@H](O[C@@H]2OC(COCc3ccccc3)[C@@H](O[Si](C)(C)C(C)(C)C)C(OCc3ccccc3)[C@@H]2N=[N+]=[N-])C(OCc2ccccc2)[C@@H]1OC(C)=O. The summed E-state index contributed by atoms with van der Waals surface area (Å²) in [6.07, 6.45) is -8.65. The van der Waals surface area contributed by atoms with Crippen molar-refractivity contribution < 1.29 is 47.1 Å². The molecule has 3 aromatic rings. The molecule has 0 aliphatic carbocycles. The van der Waals surface area contributed by atoms with Gasteiger partial charge in [-0.2, -0.15) is 0 Å². The molecule has 2 aliphatic heterocycles. The molecule has 1 N–H and O–H groups in total. The van der Waals surface area contributed by atoms with E-state index in [2.05, 4.69) is 43.9 Å². The Balaban J connectivity index is 1.55. The number of benzene rings is 3. The molecule has 0 radical (unpaired) electrons. The van der Waals surface area contributed by atoms with Crippen LogP contribution in [0.25, 0.3) is 10.4 Å². The molecule has 2 heterocycles. The van der Waals surface area contributed by atoms with Crippen LogP contribution in [0.1, 0.15) is 58.2 Å². The lowest BCUT2D eigenvalue weighted by Crippen LogP contribution is -2.66. The quantitative estimate of drug-likeness (QED) is 0.0266. The average Bonchev–Trinajstić information content (AvgIpc) is 3.17. The zero-order chi connectivity index (χ0) is 41.9. The summed E-state index contributed by atoms with van der Waals surface area (Å²) in [6.45, 7) is 16.0. The molecule has 2 fully saturated rings. The number of esters is 1. The third kappa shape index (κ3) is 12.2. The summed E-state index contributed by atoms with van der Waals surface area (Å²) in [7, 11) is -2.53. The van der Waals surface area contributed by atoms with Gasteiger partial charge in [0.25, 0.3) is 0 Å². The third-order valence-electron chi connectivity index (χ3n) is 10.6. The summed E-state index contributed by atoms with van der Waals surface area (Å²) in [6, 6.07) is 28.0. The molecular weight excluding hydrogens is 761 g/mol. The zero-order valence-corrected chi connectivity index (χ0v) is 35.7. The minimum atomic E-state index is -2.53. The first kappa shape index (κ1) is 44.9. The van der Waals surface area contributed by atoms with Crippen LogP contribution in [-0.2, 0) is 66.9 Å². The summed E-state index contributed by atoms with van der Waals surface area (Å²) in [5, 5.41) is 12.1. The lowest BCUT2D eigenvalue weighted by Gasteiger charge is -2.51. The average molecular weight is 819 g/mol. The third-order valence-corrected chi connectivity index (χ3v) is 15.1. The van der Waals surface area contributed by atoms with E-state index in [0.29, 0.717) is 6.61 Å². The minimum Gasteiger partial charge on any atom is -0.453 e. The van der Waals surface area contributed by atoms with Gasteiger partial charge < -0.3 is 42.3 Å². The minimum absolute atomic E-state index is 0.0947. The maximum atomic E-state index is 12.6. The first-order valence-corrected chi connectivity index (χ1v) is 22.6. The molecule has 58 heavy (non-hydrogen) atoms. The Morgan fingerprint density at radius 3 is 1.79 bits per heavy atom. The molecule has 0 bridgehead atoms. The van der Waals surface area contributed by atoms with Crippen molar-refractivity contribution in [2.24, 2.45) is 5.11 Å².